The van der Waals surface area contributed by atoms with Crippen LogP contribution in [0.3, 0.4) is 0 Å². The smallest absolute Gasteiger partial charge is 0.444 e. The summed E-state index contributed by atoms with van der Waals surface area (Å²) >= 11 is 0. The summed E-state index contributed by atoms with van der Waals surface area (Å²) in [5.74, 6) is 0. The molecule has 0 radical (unpaired) electrons. The standard InChI is InChI=1S/C22H33BFNO4/c1-19(2,3)27-18(26)25-14-12-22(24,13-15-25)16-8-10-17(11-9-16)23-28-20(4,5)21(6,7)29-23/h8-11H,12-15H2,1-7H3. The van der Waals surface area contributed by atoms with Crippen molar-refractivity contribution in [1.29, 1.82) is 0 Å². The van der Waals surface area contributed by atoms with E-state index in [1.165, 1.54) is 0 Å². The molecular formula is C22H33BFNO4. The molecule has 0 aliphatic carbocycles. The number of ether oxygens (including phenoxy) is 1. The SMILES string of the molecule is CC(C)(C)OC(=O)N1CCC(F)(c2ccc(B3OC(C)(C)C(C)(C)O3)cc2)CC1. The zero-order valence-corrected chi connectivity index (χ0v) is 18.7. The van der Waals surface area contributed by atoms with E-state index in [2.05, 4.69) is 0 Å². The molecule has 0 bridgehead atoms. The lowest BCUT2D eigenvalue weighted by atomic mass is 9.77. The summed E-state index contributed by atoms with van der Waals surface area (Å²) in [6, 6.07) is 7.37. The van der Waals surface area contributed by atoms with Gasteiger partial charge in [0.2, 0.25) is 0 Å². The van der Waals surface area contributed by atoms with Crippen LogP contribution in [0.4, 0.5) is 9.18 Å². The van der Waals surface area contributed by atoms with E-state index in [9.17, 15) is 4.79 Å². The monoisotopic (exact) mass is 405 g/mol. The summed E-state index contributed by atoms with van der Waals surface area (Å²) in [6.07, 6.45) is 0.125. The third-order valence-electron chi connectivity index (χ3n) is 6.16. The Labute approximate surface area is 174 Å². The molecule has 7 heteroatoms. The number of hydrogen-bond donors (Lipinski definition) is 0. The number of halogens is 1. The molecule has 5 nitrogen and oxygen atoms in total. The molecule has 0 aromatic heterocycles. The Kier molecular flexibility index (Phi) is 5.54. The molecule has 2 saturated heterocycles. The molecule has 2 fully saturated rings. The molecular weight excluding hydrogens is 372 g/mol. The Bertz CT molecular complexity index is 733. The molecule has 3 rings (SSSR count). The summed E-state index contributed by atoms with van der Waals surface area (Å²) in [6.45, 7) is 14.2. The summed E-state index contributed by atoms with van der Waals surface area (Å²) in [7, 11) is -0.460. The largest absolute Gasteiger partial charge is 0.494 e. The van der Waals surface area contributed by atoms with Crippen molar-refractivity contribution in [1.82, 2.24) is 4.90 Å². The van der Waals surface area contributed by atoms with E-state index in [0.29, 0.717) is 18.7 Å². The predicted molar refractivity (Wildman–Crippen MR) is 112 cm³/mol. The zero-order valence-electron chi connectivity index (χ0n) is 18.7. The number of piperidine rings is 1. The first-order valence-electron chi connectivity index (χ1n) is 10.4. The van der Waals surface area contributed by atoms with Crippen LogP contribution in [0.2, 0.25) is 0 Å². The van der Waals surface area contributed by atoms with Crippen molar-refractivity contribution >= 4 is 18.7 Å². The van der Waals surface area contributed by atoms with Gasteiger partial charge in [0.15, 0.2) is 0 Å². The molecule has 1 amide bonds. The quantitative estimate of drug-likeness (QED) is 0.693. The predicted octanol–water partition coefficient (Wildman–Crippen LogP) is 4.18. The lowest BCUT2D eigenvalue weighted by molar-refractivity contribution is 0.00220. The maximum absolute atomic E-state index is 15.6. The maximum atomic E-state index is 15.6. The van der Waals surface area contributed by atoms with Crippen LogP contribution in [0.1, 0.15) is 66.9 Å². The van der Waals surface area contributed by atoms with Gasteiger partial charge in [-0.3, -0.25) is 0 Å². The zero-order chi connectivity index (χ0) is 21.7. The molecule has 0 unspecified atom stereocenters. The van der Waals surface area contributed by atoms with Gasteiger partial charge >= 0.3 is 13.2 Å². The third kappa shape index (κ3) is 4.61. The lowest BCUT2D eigenvalue weighted by Gasteiger charge is -2.37. The van der Waals surface area contributed by atoms with E-state index < -0.39 is 29.6 Å². The fourth-order valence-electron chi connectivity index (χ4n) is 3.58. The lowest BCUT2D eigenvalue weighted by Crippen LogP contribution is -2.45. The van der Waals surface area contributed by atoms with Gasteiger partial charge in [-0.2, -0.15) is 0 Å². The van der Waals surface area contributed by atoms with E-state index in [-0.39, 0.29) is 18.9 Å². The second-order valence-electron chi connectivity index (χ2n) is 10.1. The molecule has 2 aliphatic heterocycles. The Balaban J connectivity index is 1.64. The Morgan fingerprint density at radius 3 is 1.97 bits per heavy atom. The highest BCUT2D eigenvalue weighted by atomic mass is 19.1. The highest BCUT2D eigenvalue weighted by Crippen LogP contribution is 2.38. The number of nitrogens with zero attached hydrogens (tertiary/aromatic N) is 1. The first kappa shape index (κ1) is 22.1. The van der Waals surface area contributed by atoms with Crippen LogP contribution in [0, 0.1) is 0 Å². The van der Waals surface area contributed by atoms with Crippen molar-refractivity contribution in [3.63, 3.8) is 0 Å². The second-order valence-corrected chi connectivity index (χ2v) is 10.1. The van der Waals surface area contributed by atoms with E-state index >= 15 is 4.39 Å². The fourth-order valence-corrected chi connectivity index (χ4v) is 3.58. The third-order valence-corrected chi connectivity index (χ3v) is 6.16. The first-order valence-corrected chi connectivity index (χ1v) is 10.4. The van der Waals surface area contributed by atoms with E-state index in [1.54, 1.807) is 4.90 Å². The average Bonchev–Trinajstić information content (AvgIpc) is 2.82. The number of likely N-dealkylation sites (tertiary alicyclic amines) is 1. The van der Waals surface area contributed by atoms with Gasteiger partial charge in [-0.25, -0.2) is 9.18 Å². The number of amides is 1. The van der Waals surface area contributed by atoms with Crippen molar-refractivity contribution in [2.75, 3.05) is 13.1 Å². The number of carbonyl (C=O) groups excluding carboxylic acids is 1. The number of alkyl halides is 1. The number of rotatable bonds is 2. The van der Waals surface area contributed by atoms with Gasteiger partial charge in [0.1, 0.15) is 11.3 Å². The van der Waals surface area contributed by atoms with Gasteiger partial charge in [0.05, 0.1) is 11.2 Å². The van der Waals surface area contributed by atoms with Gasteiger partial charge in [-0.1, -0.05) is 24.3 Å². The summed E-state index contributed by atoms with van der Waals surface area (Å²) < 4.78 is 33.1. The maximum Gasteiger partial charge on any atom is 0.494 e. The Morgan fingerprint density at radius 1 is 1.03 bits per heavy atom. The van der Waals surface area contributed by atoms with Crippen LogP contribution < -0.4 is 5.46 Å². The molecule has 0 spiro atoms. The van der Waals surface area contributed by atoms with Crippen molar-refractivity contribution in [2.45, 2.75) is 83.8 Å². The minimum atomic E-state index is -1.45. The Morgan fingerprint density at radius 2 is 1.52 bits per heavy atom. The fraction of sp³-hybridized carbons (Fsp3) is 0.682. The minimum Gasteiger partial charge on any atom is -0.444 e. The number of carbonyl (C=O) groups is 1. The highest BCUT2D eigenvalue weighted by Gasteiger charge is 2.51. The van der Waals surface area contributed by atoms with Crippen molar-refractivity contribution in [3.8, 4) is 0 Å². The molecule has 2 aliphatic rings. The molecule has 1 aromatic carbocycles. The molecule has 2 heterocycles. The van der Waals surface area contributed by atoms with Crippen LogP contribution in [0.5, 0.6) is 0 Å². The van der Waals surface area contributed by atoms with Crippen molar-refractivity contribution < 1.29 is 23.2 Å². The molecule has 160 valence electrons. The molecule has 0 atom stereocenters. The molecule has 0 saturated carbocycles. The second kappa shape index (κ2) is 7.27. The van der Waals surface area contributed by atoms with Gasteiger partial charge in [0.25, 0.3) is 0 Å². The Hall–Kier alpha value is -1.60. The van der Waals surface area contributed by atoms with Crippen molar-refractivity contribution in [2.24, 2.45) is 0 Å². The molecule has 0 N–H and O–H groups in total. The van der Waals surface area contributed by atoms with Gasteiger partial charge in [0, 0.05) is 25.9 Å². The van der Waals surface area contributed by atoms with Crippen LogP contribution in [-0.2, 0) is 19.7 Å². The van der Waals surface area contributed by atoms with Crippen LogP contribution in [-0.4, -0.2) is 48.0 Å². The van der Waals surface area contributed by atoms with Gasteiger partial charge < -0.3 is 18.9 Å². The van der Waals surface area contributed by atoms with Gasteiger partial charge in [-0.05, 0) is 59.5 Å². The molecule has 1 aromatic rings. The van der Waals surface area contributed by atoms with Crippen molar-refractivity contribution in [3.05, 3.63) is 29.8 Å². The summed E-state index contributed by atoms with van der Waals surface area (Å²) in [5, 5.41) is 0. The highest BCUT2D eigenvalue weighted by molar-refractivity contribution is 6.62. The topological polar surface area (TPSA) is 48.0 Å². The average molecular weight is 405 g/mol. The van der Waals surface area contributed by atoms with Crippen LogP contribution >= 0.6 is 0 Å². The van der Waals surface area contributed by atoms with E-state index in [4.69, 9.17) is 14.0 Å². The van der Waals surface area contributed by atoms with Crippen LogP contribution in [0.25, 0.3) is 0 Å². The van der Waals surface area contributed by atoms with E-state index in [0.717, 1.165) is 5.46 Å². The van der Waals surface area contributed by atoms with Crippen LogP contribution in [0.15, 0.2) is 24.3 Å². The summed E-state index contributed by atoms with van der Waals surface area (Å²) in [4.78, 5) is 13.8. The summed E-state index contributed by atoms with van der Waals surface area (Å²) in [5.41, 5.74) is -1.32. The number of benzene rings is 1. The number of hydrogen-bond acceptors (Lipinski definition) is 4. The first-order chi connectivity index (χ1) is 13.2. The minimum absolute atomic E-state index is 0.252. The molecule has 29 heavy (non-hydrogen) atoms. The van der Waals surface area contributed by atoms with Gasteiger partial charge in [-0.15, -0.1) is 0 Å². The van der Waals surface area contributed by atoms with E-state index in [1.807, 2.05) is 72.7 Å². The normalized spacial score (nSPS) is 23.2.